The number of carbonyl (C=O) groups is 1. The summed E-state index contributed by atoms with van der Waals surface area (Å²) >= 11 is 4.25. The zero-order valence-corrected chi connectivity index (χ0v) is 11.8. The number of amides is 1. The highest BCUT2D eigenvalue weighted by atomic mass is 32.1. The average molecular weight is 263 g/mol. The number of thiol groups is 1. The van der Waals surface area contributed by atoms with Gasteiger partial charge in [0, 0.05) is 17.0 Å². The van der Waals surface area contributed by atoms with Gasteiger partial charge in [-0.3, -0.25) is 4.79 Å². The molecule has 0 aliphatic heterocycles. The number of carbonyl (C=O) groups excluding carboxylic acids is 1. The Morgan fingerprint density at radius 1 is 1.33 bits per heavy atom. The van der Waals surface area contributed by atoms with Crippen LogP contribution >= 0.6 is 12.6 Å². The molecule has 1 aromatic carbocycles. The van der Waals surface area contributed by atoms with Crippen molar-refractivity contribution >= 4 is 18.5 Å². The summed E-state index contributed by atoms with van der Waals surface area (Å²) in [5.41, 5.74) is 0.980. The third-order valence-electron chi connectivity index (χ3n) is 3.84. The third-order valence-corrected chi connectivity index (χ3v) is 4.12. The van der Waals surface area contributed by atoms with E-state index in [2.05, 4.69) is 24.9 Å². The van der Waals surface area contributed by atoms with Crippen molar-refractivity contribution in [3.8, 4) is 0 Å². The van der Waals surface area contributed by atoms with Crippen molar-refractivity contribution < 1.29 is 4.79 Å². The highest BCUT2D eigenvalue weighted by molar-refractivity contribution is 7.80. The van der Waals surface area contributed by atoms with Gasteiger partial charge in [0.15, 0.2) is 0 Å². The van der Waals surface area contributed by atoms with E-state index in [1.54, 1.807) is 0 Å². The minimum atomic E-state index is 0.0118. The van der Waals surface area contributed by atoms with Crippen molar-refractivity contribution in [2.75, 3.05) is 6.54 Å². The third kappa shape index (κ3) is 3.52. The molecule has 0 aromatic heterocycles. The number of hydrogen-bond acceptors (Lipinski definition) is 2. The van der Waals surface area contributed by atoms with Gasteiger partial charge in [-0.15, -0.1) is 12.6 Å². The molecule has 18 heavy (non-hydrogen) atoms. The summed E-state index contributed by atoms with van der Waals surface area (Å²) < 4.78 is 0. The van der Waals surface area contributed by atoms with Crippen LogP contribution in [0.5, 0.6) is 0 Å². The second kappa shape index (κ2) is 5.79. The van der Waals surface area contributed by atoms with Crippen molar-refractivity contribution in [3.63, 3.8) is 0 Å². The smallest absolute Gasteiger partial charge is 0.251 e. The number of hydrogen-bond donors (Lipinski definition) is 2. The summed E-state index contributed by atoms with van der Waals surface area (Å²) in [6.45, 7) is 3.06. The lowest BCUT2D eigenvalue weighted by molar-refractivity contribution is 0.0919. The average Bonchev–Trinajstić information content (AvgIpc) is 2.37. The fraction of sp³-hybridized carbons (Fsp3) is 0.533. The molecule has 0 heterocycles. The predicted octanol–water partition coefficient (Wildman–Crippen LogP) is 3.68. The standard InChI is InChI=1S/C15H21NOS/c1-15(8-3-2-4-9-15)11-16-14(17)12-6-5-7-13(18)10-12/h5-7,10,18H,2-4,8-9,11H2,1H3,(H,16,17). The molecule has 2 nitrogen and oxygen atoms in total. The molecule has 0 unspecified atom stereocenters. The lowest BCUT2D eigenvalue weighted by Gasteiger charge is -2.33. The van der Waals surface area contributed by atoms with Crippen molar-refractivity contribution in [3.05, 3.63) is 29.8 Å². The van der Waals surface area contributed by atoms with Gasteiger partial charge in [-0.2, -0.15) is 0 Å². The molecule has 3 heteroatoms. The first-order valence-electron chi connectivity index (χ1n) is 6.66. The van der Waals surface area contributed by atoms with Gasteiger partial charge in [-0.1, -0.05) is 32.3 Å². The van der Waals surface area contributed by atoms with Crippen molar-refractivity contribution in [2.24, 2.45) is 5.41 Å². The van der Waals surface area contributed by atoms with E-state index in [9.17, 15) is 4.79 Å². The van der Waals surface area contributed by atoms with E-state index in [-0.39, 0.29) is 11.3 Å². The van der Waals surface area contributed by atoms with E-state index in [1.807, 2.05) is 24.3 Å². The van der Waals surface area contributed by atoms with E-state index in [0.29, 0.717) is 5.56 Å². The number of benzene rings is 1. The van der Waals surface area contributed by atoms with E-state index in [1.165, 1.54) is 32.1 Å². The molecule has 1 saturated carbocycles. The molecular weight excluding hydrogens is 242 g/mol. The molecule has 1 aliphatic rings. The van der Waals surface area contributed by atoms with Gasteiger partial charge in [0.05, 0.1) is 0 Å². The second-order valence-corrected chi connectivity index (χ2v) is 6.12. The molecule has 1 N–H and O–H groups in total. The zero-order valence-electron chi connectivity index (χ0n) is 10.9. The number of nitrogens with one attached hydrogen (secondary N) is 1. The fourth-order valence-corrected chi connectivity index (χ4v) is 2.85. The van der Waals surface area contributed by atoms with Crippen molar-refractivity contribution in [2.45, 2.75) is 43.9 Å². The Morgan fingerprint density at radius 3 is 2.72 bits per heavy atom. The normalized spacial score (nSPS) is 18.3. The van der Waals surface area contributed by atoms with Gasteiger partial charge in [0.25, 0.3) is 5.91 Å². The Kier molecular flexibility index (Phi) is 4.33. The van der Waals surface area contributed by atoms with Crippen molar-refractivity contribution in [1.82, 2.24) is 5.32 Å². The summed E-state index contributed by atoms with van der Waals surface area (Å²) in [6.07, 6.45) is 6.36. The molecule has 1 aliphatic carbocycles. The largest absolute Gasteiger partial charge is 0.351 e. The number of rotatable bonds is 3. The summed E-state index contributed by atoms with van der Waals surface area (Å²) in [6, 6.07) is 7.38. The topological polar surface area (TPSA) is 29.1 Å². The van der Waals surface area contributed by atoms with E-state index in [4.69, 9.17) is 0 Å². The van der Waals surface area contributed by atoms with E-state index >= 15 is 0 Å². The summed E-state index contributed by atoms with van der Waals surface area (Å²) in [5.74, 6) is 0.0118. The van der Waals surface area contributed by atoms with Crippen LogP contribution < -0.4 is 5.32 Å². The summed E-state index contributed by atoms with van der Waals surface area (Å²) in [7, 11) is 0. The molecule has 98 valence electrons. The Morgan fingerprint density at radius 2 is 2.06 bits per heavy atom. The monoisotopic (exact) mass is 263 g/mol. The maximum atomic E-state index is 12.0. The molecule has 0 saturated heterocycles. The van der Waals surface area contributed by atoms with E-state index < -0.39 is 0 Å². The quantitative estimate of drug-likeness (QED) is 0.800. The Bertz CT molecular complexity index is 424. The maximum absolute atomic E-state index is 12.0. The molecule has 1 aromatic rings. The Balaban J connectivity index is 1.92. The molecule has 1 amide bonds. The highest BCUT2D eigenvalue weighted by Gasteiger charge is 2.27. The molecule has 0 bridgehead atoms. The van der Waals surface area contributed by atoms with Crippen LogP contribution in [0.2, 0.25) is 0 Å². The predicted molar refractivity (Wildman–Crippen MR) is 77.2 cm³/mol. The van der Waals surface area contributed by atoms with Crippen LogP contribution in [0.3, 0.4) is 0 Å². The molecular formula is C15H21NOS. The SMILES string of the molecule is CC1(CNC(=O)c2cccc(S)c2)CCCCC1. The van der Waals surface area contributed by atoms with Gasteiger partial charge >= 0.3 is 0 Å². The summed E-state index contributed by atoms with van der Waals surface area (Å²) in [5, 5.41) is 3.06. The minimum Gasteiger partial charge on any atom is -0.351 e. The molecule has 0 atom stereocenters. The fourth-order valence-electron chi connectivity index (χ4n) is 2.62. The maximum Gasteiger partial charge on any atom is 0.251 e. The van der Waals surface area contributed by atoms with Crippen LogP contribution in [0.15, 0.2) is 29.2 Å². The molecule has 1 fully saturated rings. The molecule has 0 radical (unpaired) electrons. The second-order valence-electron chi connectivity index (χ2n) is 5.60. The van der Waals surface area contributed by atoms with Crippen LogP contribution in [0.25, 0.3) is 0 Å². The van der Waals surface area contributed by atoms with Gasteiger partial charge in [0.2, 0.25) is 0 Å². The van der Waals surface area contributed by atoms with Crippen LogP contribution in [-0.4, -0.2) is 12.5 Å². The van der Waals surface area contributed by atoms with Gasteiger partial charge in [-0.05, 0) is 36.5 Å². The lowest BCUT2D eigenvalue weighted by Crippen LogP contribution is -2.37. The molecule has 0 spiro atoms. The lowest BCUT2D eigenvalue weighted by atomic mass is 9.76. The zero-order chi connectivity index (χ0) is 13.0. The Hall–Kier alpha value is -0.960. The van der Waals surface area contributed by atoms with Crippen LogP contribution in [0.1, 0.15) is 49.4 Å². The molecule has 2 rings (SSSR count). The van der Waals surface area contributed by atoms with Crippen LogP contribution in [0, 0.1) is 5.41 Å². The first-order chi connectivity index (χ1) is 8.59. The van der Waals surface area contributed by atoms with E-state index in [0.717, 1.165) is 11.4 Å². The van der Waals surface area contributed by atoms with Gasteiger partial charge < -0.3 is 5.32 Å². The first kappa shape index (κ1) is 13.5. The highest BCUT2D eigenvalue weighted by Crippen LogP contribution is 2.34. The van der Waals surface area contributed by atoms with Gasteiger partial charge in [0.1, 0.15) is 0 Å². The van der Waals surface area contributed by atoms with Crippen molar-refractivity contribution in [1.29, 1.82) is 0 Å². The first-order valence-corrected chi connectivity index (χ1v) is 7.11. The minimum absolute atomic E-state index is 0.0118. The van der Waals surface area contributed by atoms with Crippen LogP contribution in [-0.2, 0) is 0 Å². The van der Waals surface area contributed by atoms with Gasteiger partial charge in [-0.25, -0.2) is 0 Å². The Labute approximate surface area is 115 Å². The summed E-state index contributed by atoms with van der Waals surface area (Å²) in [4.78, 5) is 12.9. The van der Waals surface area contributed by atoms with Crippen LogP contribution in [0.4, 0.5) is 0 Å².